The van der Waals surface area contributed by atoms with Crippen LogP contribution in [0.3, 0.4) is 0 Å². The SMILES string of the molecule is CC(C)(C)OC(=O)NC1CCN(Cc2ccc(O)c(Br)c2)CC1. The highest BCUT2D eigenvalue weighted by molar-refractivity contribution is 9.10. The Labute approximate surface area is 146 Å². The number of carbonyl (C=O) groups is 1. The van der Waals surface area contributed by atoms with Crippen molar-refractivity contribution in [3.05, 3.63) is 28.2 Å². The van der Waals surface area contributed by atoms with Crippen LogP contribution in [0, 0.1) is 0 Å². The number of hydrogen-bond acceptors (Lipinski definition) is 4. The van der Waals surface area contributed by atoms with Crippen molar-refractivity contribution in [1.29, 1.82) is 0 Å². The number of halogens is 1. The summed E-state index contributed by atoms with van der Waals surface area (Å²) in [5.41, 5.74) is 0.699. The molecule has 1 saturated heterocycles. The van der Waals surface area contributed by atoms with Crippen molar-refractivity contribution < 1.29 is 14.6 Å². The van der Waals surface area contributed by atoms with Crippen LogP contribution in [-0.2, 0) is 11.3 Å². The number of carbonyl (C=O) groups excluding carboxylic acids is 1. The molecule has 2 N–H and O–H groups in total. The fourth-order valence-corrected chi connectivity index (χ4v) is 3.04. The largest absolute Gasteiger partial charge is 0.507 e. The number of nitrogens with one attached hydrogen (secondary N) is 1. The predicted molar refractivity (Wildman–Crippen MR) is 93.5 cm³/mol. The molecule has 0 radical (unpaired) electrons. The van der Waals surface area contributed by atoms with Gasteiger partial charge in [0.1, 0.15) is 11.4 Å². The molecule has 6 heteroatoms. The molecule has 23 heavy (non-hydrogen) atoms. The van der Waals surface area contributed by atoms with Gasteiger partial charge in [-0.1, -0.05) is 6.07 Å². The smallest absolute Gasteiger partial charge is 0.407 e. The highest BCUT2D eigenvalue weighted by Gasteiger charge is 2.23. The van der Waals surface area contributed by atoms with E-state index in [0.29, 0.717) is 0 Å². The van der Waals surface area contributed by atoms with Crippen molar-refractivity contribution >= 4 is 22.0 Å². The molecule has 0 saturated carbocycles. The summed E-state index contributed by atoms with van der Waals surface area (Å²) in [6.07, 6.45) is 1.50. The maximum Gasteiger partial charge on any atom is 0.407 e. The van der Waals surface area contributed by atoms with Crippen molar-refractivity contribution in [3.8, 4) is 5.75 Å². The van der Waals surface area contributed by atoms with E-state index in [-0.39, 0.29) is 17.9 Å². The molecule has 0 bridgehead atoms. The number of ether oxygens (including phenoxy) is 1. The molecule has 0 unspecified atom stereocenters. The van der Waals surface area contributed by atoms with Gasteiger partial charge < -0.3 is 15.2 Å². The molecular weight excluding hydrogens is 360 g/mol. The first-order valence-electron chi connectivity index (χ1n) is 7.92. The molecule has 2 rings (SSSR count). The van der Waals surface area contributed by atoms with E-state index in [1.807, 2.05) is 32.9 Å². The lowest BCUT2D eigenvalue weighted by Crippen LogP contribution is -2.45. The molecule has 1 amide bonds. The molecule has 5 nitrogen and oxygen atoms in total. The van der Waals surface area contributed by atoms with Crippen LogP contribution in [-0.4, -0.2) is 40.8 Å². The van der Waals surface area contributed by atoms with Gasteiger partial charge >= 0.3 is 6.09 Å². The summed E-state index contributed by atoms with van der Waals surface area (Å²) >= 11 is 3.34. The van der Waals surface area contributed by atoms with Crippen molar-refractivity contribution in [2.24, 2.45) is 0 Å². The molecule has 0 aliphatic carbocycles. The van der Waals surface area contributed by atoms with Gasteiger partial charge in [0.25, 0.3) is 0 Å². The van der Waals surface area contributed by atoms with Crippen molar-refractivity contribution in [2.75, 3.05) is 13.1 Å². The maximum atomic E-state index is 11.8. The molecule has 1 aromatic rings. The monoisotopic (exact) mass is 384 g/mol. The molecule has 0 spiro atoms. The van der Waals surface area contributed by atoms with Crippen LogP contribution >= 0.6 is 15.9 Å². The van der Waals surface area contributed by atoms with E-state index in [4.69, 9.17) is 4.74 Å². The zero-order chi connectivity index (χ0) is 17.0. The van der Waals surface area contributed by atoms with Crippen molar-refractivity contribution in [1.82, 2.24) is 10.2 Å². The van der Waals surface area contributed by atoms with E-state index in [9.17, 15) is 9.90 Å². The van der Waals surface area contributed by atoms with Gasteiger partial charge in [-0.25, -0.2) is 4.79 Å². The third kappa shape index (κ3) is 6.03. The second-order valence-corrected chi connectivity index (χ2v) is 7.84. The third-order valence-electron chi connectivity index (χ3n) is 3.73. The third-order valence-corrected chi connectivity index (χ3v) is 4.36. The van der Waals surface area contributed by atoms with Gasteiger partial charge in [0.05, 0.1) is 4.47 Å². The van der Waals surface area contributed by atoms with E-state index in [2.05, 4.69) is 26.1 Å². The number of phenolic OH excluding ortho intramolecular Hbond substituents is 1. The Hall–Kier alpha value is -1.27. The molecular formula is C17H25BrN2O3. The number of nitrogens with zero attached hydrogens (tertiary/aromatic N) is 1. The summed E-state index contributed by atoms with van der Waals surface area (Å²) in [5, 5.41) is 12.5. The number of likely N-dealkylation sites (tertiary alicyclic amines) is 1. The zero-order valence-electron chi connectivity index (χ0n) is 13.9. The lowest BCUT2D eigenvalue weighted by molar-refractivity contribution is 0.0477. The Morgan fingerprint density at radius 3 is 2.61 bits per heavy atom. The fourth-order valence-electron chi connectivity index (χ4n) is 2.62. The fraction of sp³-hybridized carbons (Fsp3) is 0.588. The van der Waals surface area contributed by atoms with Gasteiger partial charge in [-0.05, 0) is 67.2 Å². The summed E-state index contributed by atoms with van der Waals surface area (Å²) in [5.74, 6) is 0.258. The summed E-state index contributed by atoms with van der Waals surface area (Å²) in [4.78, 5) is 14.1. The highest BCUT2D eigenvalue weighted by Crippen LogP contribution is 2.25. The standard InChI is InChI=1S/C17H25BrN2O3/c1-17(2,3)23-16(22)19-13-6-8-20(9-7-13)11-12-4-5-15(21)14(18)10-12/h4-5,10,13,21H,6-9,11H2,1-3H3,(H,19,22). The molecule has 1 aliphatic heterocycles. The molecule has 1 heterocycles. The van der Waals surface area contributed by atoms with Crippen LogP contribution < -0.4 is 5.32 Å². The Bertz CT molecular complexity index is 549. The minimum Gasteiger partial charge on any atom is -0.507 e. The van der Waals surface area contributed by atoms with E-state index in [1.165, 1.54) is 0 Å². The summed E-state index contributed by atoms with van der Waals surface area (Å²) in [6.45, 7) is 8.30. The predicted octanol–water partition coefficient (Wildman–Crippen LogP) is 3.64. The lowest BCUT2D eigenvalue weighted by atomic mass is 10.0. The van der Waals surface area contributed by atoms with E-state index in [0.717, 1.165) is 42.5 Å². The number of rotatable bonds is 3. The van der Waals surface area contributed by atoms with Crippen molar-refractivity contribution in [2.45, 2.75) is 51.8 Å². The number of piperidine rings is 1. The second-order valence-electron chi connectivity index (χ2n) is 6.98. The Kier molecular flexibility index (Phi) is 5.92. The zero-order valence-corrected chi connectivity index (χ0v) is 15.5. The van der Waals surface area contributed by atoms with Crippen LogP contribution in [0.4, 0.5) is 4.79 Å². The lowest BCUT2D eigenvalue weighted by Gasteiger charge is -2.32. The average Bonchev–Trinajstić information content (AvgIpc) is 2.43. The van der Waals surface area contributed by atoms with Crippen LogP contribution in [0.15, 0.2) is 22.7 Å². The van der Waals surface area contributed by atoms with Gasteiger partial charge in [-0.15, -0.1) is 0 Å². The van der Waals surface area contributed by atoms with Gasteiger partial charge in [0.2, 0.25) is 0 Å². The number of aromatic hydroxyl groups is 1. The topological polar surface area (TPSA) is 61.8 Å². The minimum absolute atomic E-state index is 0.174. The first kappa shape index (κ1) is 18.1. The first-order valence-corrected chi connectivity index (χ1v) is 8.71. The molecule has 0 aromatic heterocycles. The van der Waals surface area contributed by atoms with Gasteiger partial charge in [0, 0.05) is 25.7 Å². The minimum atomic E-state index is -0.461. The van der Waals surface area contributed by atoms with E-state index < -0.39 is 5.60 Å². The quantitative estimate of drug-likeness (QED) is 0.834. The molecule has 0 atom stereocenters. The normalized spacial score (nSPS) is 17.0. The molecule has 1 aliphatic rings. The van der Waals surface area contributed by atoms with E-state index >= 15 is 0 Å². The number of hydrogen-bond donors (Lipinski definition) is 2. The van der Waals surface area contributed by atoms with Crippen molar-refractivity contribution in [3.63, 3.8) is 0 Å². The maximum absolute atomic E-state index is 11.8. The average molecular weight is 385 g/mol. The number of alkyl carbamates (subject to hydrolysis) is 1. The summed E-state index contributed by atoms with van der Waals surface area (Å²) in [6, 6.07) is 5.76. The number of benzene rings is 1. The Balaban J connectivity index is 1.77. The van der Waals surface area contributed by atoms with Gasteiger partial charge in [-0.3, -0.25) is 4.90 Å². The Morgan fingerprint density at radius 1 is 1.39 bits per heavy atom. The van der Waals surface area contributed by atoms with Gasteiger partial charge in [0.15, 0.2) is 0 Å². The first-order chi connectivity index (χ1) is 10.7. The van der Waals surface area contributed by atoms with Crippen LogP contribution in [0.2, 0.25) is 0 Å². The van der Waals surface area contributed by atoms with Crippen LogP contribution in [0.25, 0.3) is 0 Å². The highest BCUT2D eigenvalue weighted by atomic mass is 79.9. The number of phenols is 1. The van der Waals surface area contributed by atoms with E-state index in [1.54, 1.807) is 6.07 Å². The molecule has 128 valence electrons. The van der Waals surface area contributed by atoms with Gasteiger partial charge in [-0.2, -0.15) is 0 Å². The van der Waals surface area contributed by atoms with Crippen LogP contribution in [0.5, 0.6) is 5.75 Å². The summed E-state index contributed by atoms with van der Waals surface area (Å²) in [7, 11) is 0. The van der Waals surface area contributed by atoms with Crippen LogP contribution in [0.1, 0.15) is 39.2 Å². The summed E-state index contributed by atoms with van der Waals surface area (Å²) < 4.78 is 6.01. The molecule has 1 fully saturated rings. The molecule has 1 aromatic carbocycles. The second kappa shape index (κ2) is 7.53. The number of amides is 1. The Morgan fingerprint density at radius 2 is 2.04 bits per heavy atom.